The second-order valence-electron chi connectivity index (χ2n) is 5.05. The molecule has 3 heteroatoms. The van der Waals surface area contributed by atoms with Crippen LogP contribution in [0.25, 0.3) is 0 Å². The van der Waals surface area contributed by atoms with E-state index in [1.54, 1.807) is 0 Å². The molecule has 0 aliphatic heterocycles. The molecule has 1 fully saturated rings. The Hall–Kier alpha value is -0.120. The van der Waals surface area contributed by atoms with Crippen LogP contribution in [0.3, 0.4) is 0 Å². The molecule has 3 nitrogen and oxygen atoms in total. The fourth-order valence-corrected chi connectivity index (χ4v) is 2.32. The van der Waals surface area contributed by atoms with E-state index < -0.39 is 0 Å². The third kappa shape index (κ3) is 5.83. The summed E-state index contributed by atoms with van der Waals surface area (Å²) >= 11 is 0. The molecule has 0 aromatic heterocycles. The predicted molar refractivity (Wildman–Crippen MR) is 68.6 cm³/mol. The lowest BCUT2D eigenvalue weighted by Gasteiger charge is -2.26. The largest absolute Gasteiger partial charge is 0.377 e. The highest BCUT2D eigenvalue weighted by molar-refractivity contribution is 4.74. The highest BCUT2D eigenvalue weighted by Crippen LogP contribution is 2.19. The molecule has 1 atom stereocenters. The molecule has 0 aromatic rings. The minimum absolute atomic E-state index is 0.419. The maximum Gasteiger partial charge on any atom is 0.0594 e. The molecule has 3 N–H and O–H groups in total. The summed E-state index contributed by atoms with van der Waals surface area (Å²) in [5, 5.41) is 3.48. The van der Waals surface area contributed by atoms with E-state index in [4.69, 9.17) is 10.5 Å². The van der Waals surface area contributed by atoms with Gasteiger partial charge in [0.05, 0.1) is 12.7 Å². The van der Waals surface area contributed by atoms with Gasteiger partial charge in [0.15, 0.2) is 0 Å². The van der Waals surface area contributed by atoms with Crippen LogP contribution in [0.1, 0.15) is 52.4 Å². The van der Waals surface area contributed by atoms with Crippen molar-refractivity contribution in [3.8, 4) is 0 Å². The first kappa shape index (κ1) is 13.9. The average Bonchev–Trinajstić information content (AvgIpc) is 2.27. The molecule has 1 unspecified atom stereocenters. The van der Waals surface area contributed by atoms with Crippen molar-refractivity contribution in [2.24, 2.45) is 5.73 Å². The van der Waals surface area contributed by atoms with Crippen LogP contribution in [0.15, 0.2) is 0 Å². The summed E-state index contributed by atoms with van der Waals surface area (Å²) in [6.45, 7) is 6.28. The van der Waals surface area contributed by atoms with Gasteiger partial charge < -0.3 is 15.8 Å². The van der Waals surface area contributed by atoms with Gasteiger partial charge in [0.25, 0.3) is 0 Å². The van der Waals surface area contributed by atoms with E-state index in [2.05, 4.69) is 19.2 Å². The van der Waals surface area contributed by atoms with Crippen molar-refractivity contribution in [2.75, 3.05) is 13.2 Å². The average molecular weight is 228 g/mol. The van der Waals surface area contributed by atoms with Crippen molar-refractivity contribution in [2.45, 2.75) is 70.6 Å². The number of nitrogens with one attached hydrogen (secondary N) is 1. The Kier molecular flexibility index (Phi) is 7.01. The van der Waals surface area contributed by atoms with E-state index in [0.29, 0.717) is 18.2 Å². The van der Waals surface area contributed by atoms with E-state index in [0.717, 1.165) is 38.8 Å². The molecule has 16 heavy (non-hydrogen) atoms. The van der Waals surface area contributed by atoms with E-state index in [1.165, 1.54) is 12.8 Å². The van der Waals surface area contributed by atoms with Gasteiger partial charge in [-0.15, -0.1) is 0 Å². The summed E-state index contributed by atoms with van der Waals surface area (Å²) in [5.41, 5.74) is 5.86. The number of hydrogen-bond donors (Lipinski definition) is 2. The Balaban J connectivity index is 1.95. The van der Waals surface area contributed by atoms with Crippen LogP contribution in [0, 0.1) is 0 Å². The minimum Gasteiger partial charge on any atom is -0.377 e. The van der Waals surface area contributed by atoms with Crippen LogP contribution in [0.4, 0.5) is 0 Å². The highest BCUT2D eigenvalue weighted by Gasteiger charge is 2.18. The maximum atomic E-state index is 5.86. The van der Waals surface area contributed by atoms with Gasteiger partial charge in [-0.25, -0.2) is 0 Å². The van der Waals surface area contributed by atoms with Crippen LogP contribution in [-0.2, 0) is 4.74 Å². The number of ether oxygens (including phenoxy) is 1. The van der Waals surface area contributed by atoms with Crippen LogP contribution in [0.2, 0.25) is 0 Å². The third-order valence-corrected chi connectivity index (χ3v) is 3.39. The molecule has 1 rings (SSSR count). The summed E-state index contributed by atoms with van der Waals surface area (Å²) in [7, 11) is 0. The molecule has 0 saturated heterocycles. The Bertz CT molecular complexity index is 167. The zero-order valence-electron chi connectivity index (χ0n) is 10.9. The normalized spacial score (nSPS) is 27.9. The lowest BCUT2D eigenvalue weighted by Crippen LogP contribution is -2.33. The minimum atomic E-state index is 0.419. The second kappa shape index (κ2) is 8.04. The summed E-state index contributed by atoms with van der Waals surface area (Å²) < 4.78 is 5.84. The smallest absolute Gasteiger partial charge is 0.0594 e. The van der Waals surface area contributed by atoms with Crippen molar-refractivity contribution in [1.29, 1.82) is 0 Å². The van der Waals surface area contributed by atoms with Crippen molar-refractivity contribution < 1.29 is 4.74 Å². The number of rotatable bonds is 7. The number of hydrogen-bond acceptors (Lipinski definition) is 3. The first-order valence-electron chi connectivity index (χ1n) is 6.83. The SMILES string of the molecule is CCCC(C)NCCOC1CCC(N)CC1. The first-order chi connectivity index (χ1) is 7.72. The van der Waals surface area contributed by atoms with E-state index in [-0.39, 0.29) is 0 Å². The van der Waals surface area contributed by atoms with E-state index in [9.17, 15) is 0 Å². The first-order valence-corrected chi connectivity index (χ1v) is 6.83. The predicted octanol–water partition coefficient (Wildman–Crippen LogP) is 2.05. The van der Waals surface area contributed by atoms with Gasteiger partial charge in [-0.2, -0.15) is 0 Å². The molecule has 0 heterocycles. The quantitative estimate of drug-likeness (QED) is 0.656. The molecule has 96 valence electrons. The monoisotopic (exact) mass is 228 g/mol. The Morgan fingerprint density at radius 3 is 2.62 bits per heavy atom. The van der Waals surface area contributed by atoms with E-state index >= 15 is 0 Å². The van der Waals surface area contributed by atoms with Crippen molar-refractivity contribution in [1.82, 2.24) is 5.32 Å². The fraction of sp³-hybridized carbons (Fsp3) is 1.00. The van der Waals surface area contributed by atoms with Gasteiger partial charge in [0, 0.05) is 18.6 Å². The van der Waals surface area contributed by atoms with Gasteiger partial charge in [0.2, 0.25) is 0 Å². The van der Waals surface area contributed by atoms with Crippen molar-refractivity contribution >= 4 is 0 Å². The van der Waals surface area contributed by atoms with Gasteiger partial charge >= 0.3 is 0 Å². The van der Waals surface area contributed by atoms with E-state index in [1.807, 2.05) is 0 Å². The highest BCUT2D eigenvalue weighted by atomic mass is 16.5. The summed E-state index contributed by atoms with van der Waals surface area (Å²) in [6.07, 6.45) is 7.50. The second-order valence-corrected chi connectivity index (χ2v) is 5.05. The molecule has 0 bridgehead atoms. The molecule has 1 aliphatic rings. The van der Waals surface area contributed by atoms with Crippen LogP contribution in [0.5, 0.6) is 0 Å². The molecular formula is C13H28N2O. The lowest BCUT2D eigenvalue weighted by atomic mass is 9.94. The molecule has 0 radical (unpaired) electrons. The van der Waals surface area contributed by atoms with Crippen LogP contribution >= 0.6 is 0 Å². The van der Waals surface area contributed by atoms with Crippen molar-refractivity contribution in [3.63, 3.8) is 0 Å². The zero-order chi connectivity index (χ0) is 11.8. The Labute approximate surface area is 100 Å². The van der Waals surface area contributed by atoms with Gasteiger partial charge in [0.1, 0.15) is 0 Å². The topological polar surface area (TPSA) is 47.3 Å². The van der Waals surface area contributed by atoms with Gasteiger partial charge in [-0.1, -0.05) is 13.3 Å². The molecule has 1 saturated carbocycles. The Morgan fingerprint density at radius 1 is 1.31 bits per heavy atom. The summed E-state index contributed by atoms with van der Waals surface area (Å²) in [6, 6.07) is 1.04. The summed E-state index contributed by atoms with van der Waals surface area (Å²) in [5.74, 6) is 0. The molecule has 0 spiro atoms. The summed E-state index contributed by atoms with van der Waals surface area (Å²) in [4.78, 5) is 0. The molecular weight excluding hydrogens is 200 g/mol. The van der Waals surface area contributed by atoms with Crippen LogP contribution < -0.4 is 11.1 Å². The Morgan fingerprint density at radius 2 is 2.00 bits per heavy atom. The van der Waals surface area contributed by atoms with Gasteiger partial charge in [-0.05, 0) is 39.0 Å². The van der Waals surface area contributed by atoms with Gasteiger partial charge in [-0.3, -0.25) is 0 Å². The standard InChI is InChI=1S/C13H28N2O/c1-3-4-11(2)15-9-10-16-13-7-5-12(14)6-8-13/h11-13,15H,3-10,14H2,1-2H3. The molecule has 0 aromatic carbocycles. The third-order valence-electron chi connectivity index (χ3n) is 3.39. The molecule has 1 aliphatic carbocycles. The number of nitrogens with two attached hydrogens (primary N) is 1. The fourth-order valence-electron chi connectivity index (χ4n) is 2.32. The molecule has 0 amide bonds. The van der Waals surface area contributed by atoms with Crippen LogP contribution in [-0.4, -0.2) is 31.3 Å². The zero-order valence-corrected chi connectivity index (χ0v) is 10.9. The van der Waals surface area contributed by atoms with Crippen molar-refractivity contribution in [3.05, 3.63) is 0 Å². The maximum absolute atomic E-state index is 5.86. The lowest BCUT2D eigenvalue weighted by molar-refractivity contribution is 0.0262.